The number of rotatable bonds is 2. The largest absolute Gasteiger partial charge is 0.390 e. The molecule has 4 nitrogen and oxygen atoms in total. The van der Waals surface area contributed by atoms with Crippen LogP contribution in [-0.4, -0.2) is 20.1 Å². The van der Waals surface area contributed by atoms with E-state index in [2.05, 4.69) is 24.2 Å². The molecule has 2 unspecified atom stereocenters. The molecule has 1 aromatic rings. The Balaban J connectivity index is 2.09. The van der Waals surface area contributed by atoms with E-state index in [-0.39, 0.29) is 6.61 Å². The highest BCUT2D eigenvalue weighted by atomic mass is 16.3. The molecular weight excluding hydrogens is 190 g/mol. The van der Waals surface area contributed by atoms with Gasteiger partial charge < -0.3 is 5.11 Å². The Morgan fingerprint density at radius 1 is 1.33 bits per heavy atom. The van der Waals surface area contributed by atoms with Crippen molar-refractivity contribution in [1.82, 2.24) is 15.0 Å². The van der Waals surface area contributed by atoms with Crippen LogP contribution in [0.4, 0.5) is 0 Å². The average Bonchev–Trinajstić information content (AvgIpc) is 2.64. The third-order valence-electron chi connectivity index (χ3n) is 3.25. The van der Waals surface area contributed by atoms with Gasteiger partial charge in [-0.3, -0.25) is 0 Å². The second kappa shape index (κ2) is 4.31. The molecule has 1 aliphatic rings. The smallest absolute Gasteiger partial charge is 0.108 e. The molecule has 2 rings (SSSR count). The number of aliphatic hydroxyl groups is 1. The quantitative estimate of drug-likeness (QED) is 0.807. The maximum absolute atomic E-state index is 8.94. The van der Waals surface area contributed by atoms with E-state index in [4.69, 9.17) is 5.11 Å². The average molecular weight is 209 g/mol. The summed E-state index contributed by atoms with van der Waals surface area (Å²) in [5.41, 5.74) is 0.667. The van der Waals surface area contributed by atoms with Gasteiger partial charge in [0.15, 0.2) is 0 Å². The summed E-state index contributed by atoms with van der Waals surface area (Å²) >= 11 is 0. The van der Waals surface area contributed by atoms with Crippen molar-refractivity contribution in [2.45, 2.75) is 45.8 Å². The first-order valence-corrected chi connectivity index (χ1v) is 5.70. The summed E-state index contributed by atoms with van der Waals surface area (Å²) < 4.78 is 1.93. The lowest BCUT2D eigenvalue weighted by atomic mass is 9.80. The number of hydrogen-bond acceptors (Lipinski definition) is 3. The van der Waals surface area contributed by atoms with Crippen LogP contribution in [0.2, 0.25) is 0 Å². The first-order chi connectivity index (χ1) is 7.19. The van der Waals surface area contributed by atoms with Crippen LogP contribution in [0.3, 0.4) is 0 Å². The van der Waals surface area contributed by atoms with Crippen molar-refractivity contribution < 1.29 is 5.11 Å². The summed E-state index contributed by atoms with van der Waals surface area (Å²) in [4.78, 5) is 0. The molecule has 4 heteroatoms. The van der Waals surface area contributed by atoms with Gasteiger partial charge in [0, 0.05) is 0 Å². The van der Waals surface area contributed by atoms with Crippen LogP contribution in [0.5, 0.6) is 0 Å². The molecule has 0 radical (unpaired) electrons. The van der Waals surface area contributed by atoms with Crippen molar-refractivity contribution in [3.8, 4) is 0 Å². The number of aliphatic hydroxyl groups excluding tert-OH is 1. The van der Waals surface area contributed by atoms with Crippen LogP contribution < -0.4 is 0 Å². The molecule has 0 aliphatic heterocycles. The van der Waals surface area contributed by atoms with Gasteiger partial charge >= 0.3 is 0 Å². The van der Waals surface area contributed by atoms with Crippen molar-refractivity contribution in [2.75, 3.05) is 0 Å². The van der Waals surface area contributed by atoms with E-state index in [1.165, 1.54) is 19.3 Å². The van der Waals surface area contributed by atoms with Crippen molar-refractivity contribution in [2.24, 2.45) is 11.8 Å². The van der Waals surface area contributed by atoms with E-state index in [0.29, 0.717) is 11.7 Å². The normalized spacial score (nSPS) is 31.8. The summed E-state index contributed by atoms with van der Waals surface area (Å²) in [6.07, 6.45) is 5.55. The molecule has 1 N–H and O–H groups in total. The second-order valence-corrected chi connectivity index (χ2v) is 4.92. The van der Waals surface area contributed by atoms with Crippen LogP contribution in [-0.2, 0) is 6.61 Å². The van der Waals surface area contributed by atoms with Gasteiger partial charge in [-0.25, -0.2) is 4.68 Å². The number of hydrogen-bond donors (Lipinski definition) is 1. The third-order valence-corrected chi connectivity index (χ3v) is 3.25. The Bertz CT molecular complexity index is 313. The summed E-state index contributed by atoms with van der Waals surface area (Å²) in [6.45, 7) is 4.58. The van der Waals surface area contributed by atoms with Crippen LogP contribution in [0.1, 0.15) is 44.8 Å². The molecular formula is C11H19N3O. The van der Waals surface area contributed by atoms with Gasteiger partial charge in [-0.2, -0.15) is 0 Å². The highest BCUT2D eigenvalue weighted by molar-refractivity contribution is 4.92. The fraction of sp³-hybridized carbons (Fsp3) is 0.818. The Morgan fingerprint density at radius 3 is 2.53 bits per heavy atom. The summed E-state index contributed by atoms with van der Waals surface area (Å²) in [5, 5.41) is 16.9. The molecule has 0 spiro atoms. The lowest BCUT2D eigenvalue weighted by Gasteiger charge is -2.31. The highest BCUT2D eigenvalue weighted by Crippen LogP contribution is 2.35. The van der Waals surface area contributed by atoms with Crippen molar-refractivity contribution in [3.05, 3.63) is 11.9 Å². The van der Waals surface area contributed by atoms with Gasteiger partial charge in [-0.05, 0) is 31.1 Å². The van der Waals surface area contributed by atoms with E-state index in [0.717, 1.165) is 11.8 Å². The van der Waals surface area contributed by atoms with Crippen LogP contribution >= 0.6 is 0 Å². The summed E-state index contributed by atoms with van der Waals surface area (Å²) in [5.74, 6) is 1.53. The van der Waals surface area contributed by atoms with Gasteiger partial charge in [0.05, 0.1) is 18.8 Å². The predicted octanol–water partition coefficient (Wildman–Crippen LogP) is 1.77. The van der Waals surface area contributed by atoms with E-state index in [1.54, 1.807) is 0 Å². The topological polar surface area (TPSA) is 50.9 Å². The Hall–Kier alpha value is -0.900. The van der Waals surface area contributed by atoms with Gasteiger partial charge in [-0.15, -0.1) is 5.10 Å². The summed E-state index contributed by atoms with van der Waals surface area (Å²) in [6, 6.07) is 0.469. The van der Waals surface area contributed by atoms with Crippen molar-refractivity contribution in [3.63, 3.8) is 0 Å². The SMILES string of the molecule is CC1CC(C)CC(n2cc(CO)nn2)C1. The van der Waals surface area contributed by atoms with E-state index in [9.17, 15) is 0 Å². The van der Waals surface area contributed by atoms with Gasteiger partial charge in [0.25, 0.3) is 0 Å². The monoisotopic (exact) mass is 209 g/mol. The second-order valence-electron chi connectivity index (χ2n) is 4.92. The maximum atomic E-state index is 8.94. The molecule has 2 atom stereocenters. The fourth-order valence-corrected chi connectivity index (χ4v) is 2.68. The lowest BCUT2D eigenvalue weighted by molar-refractivity contribution is 0.207. The zero-order valence-corrected chi connectivity index (χ0v) is 9.43. The van der Waals surface area contributed by atoms with Crippen LogP contribution in [0.25, 0.3) is 0 Å². The highest BCUT2D eigenvalue weighted by Gasteiger charge is 2.25. The standard InChI is InChI=1S/C11H19N3O/c1-8-3-9(2)5-11(4-8)14-6-10(7-15)12-13-14/h6,8-9,11,15H,3-5,7H2,1-2H3. The first-order valence-electron chi connectivity index (χ1n) is 5.70. The summed E-state index contributed by atoms with van der Waals surface area (Å²) in [7, 11) is 0. The van der Waals surface area contributed by atoms with E-state index >= 15 is 0 Å². The zero-order chi connectivity index (χ0) is 10.8. The molecule has 1 fully saturated rings. The molecule has 0 amide bonds. The minimum absolute atomic E-state index is 0.0160. The lowest BCUT2D eigenvalue weighted by Crippen LogP contribution is -2.23. The van der Waals surface area contributed by atoms with Crippen molar-refractivity contribution >= 4 is 0 Å². The fourth-order valence-electron chi connectivity index (χ4n) is 2.68. The number of aromatic nitrogens is 3. The molecule has 1 aromatic heterocycles. The van der Waals surface area contributed by atoms with Gasteiger partial charge in [0.1, 0.15) is 5.69 Å². The van der Waals surface area contributed by atoms with Crippen LogP contribution in [0, 0.1) is 11.8 Å². The molecule has 1 heterocycles. The molecule has 0 bridgehead atoms. The Morgan fingerprint density at radius 2 is 2.00 bits per heavy atom. The molecule has 0 saturated heterocycles. The minimum Gasteiger partial charge on any atom is -0.390 e. The van der Waals surface area contributed by atoms with E-state index < -0.39 is 0 Å². The Labute approximate surface area is 90.3 Å². The number of nitrogens with zero attached hydrogens (tertiary/aromatic N) is 3. The minimum atomic E-state index is -0.0160. The van der Waals surface area contributed by atoms with Crippen LogP contribution in [0.15, 0.2) is 6.20 Å². The molecule has 15 heavy (non-hydrogen) atoms. The Kier molecular flexibility index (Phi) is 3.05. The van der Waals surface area contributed by atoms with Crippen molar-refractivity contribution in [1.29, 1.82) is 0 Å². The predicted molar refractivity (Wildman–Crippen MR) is 57.2 cm³/mol. The first kappa shape index (κ1) is 10.6. The third kappa shape index (κ3) is 2.37. The molecule has 1 saturated carbocycles. The zero-order valence-electron chi connectivity index (χ0n) is 9.43. The molecule has 84 valence electrons. The molecule has 1 aliphatic carbocycles. The molecule has 0 aromatic carbocycles. The van der Waals surface area contributed by atoms with Gasteiger partial charge in [0.2, 0.25) is 0 Å². The maximum Gasteiger partial charge on any atom is 0.108 e. The van der Waals surface area contributed by atoms with Gasteiger partial charge in [-0.1, -0.05) is 19.1 Å². The van der Waals surface area contributed by atoms with E-state index in [1.807, 2.05) is 10.9 Å².